The van der Waals surface area contributed by atoms with Crippen molar-refractivity contribution in [3.63, 3.8) is 0 Å². The maximum Gasteiger partial charge on any atom is 0.221 e. The lowest BCUT2D eigenvalue weighted by Crippen LogP contribution is -2.88. The van der Waals surface area contributed by atoms with Gasteiger partial charge in [-0.2, -0.15) is 0 Å². The summed E-state index contributed by atoms with van der Waals surface area (Å²) in [5.74, 6) is -1.32. The van der Waals surface area contributed by atoms with Crippen LogP contribution in [-0.4, -0.2) is 18.4 Å². The van der Waals surface area contributed by atoms with E-state index in [1.54, 1.807) is 11.4 Å². The van der Waals surface area contributed by atoms with E-state index in [2.05, 4.69) is 21.2 Å². The summed E-state index contributed by atoms with van der Waals surface area (Å²) < 4.78 is 0.851. The van der Waals surface area contributed by atoms with Gasteiger partial charge in [0.1, 0.15) is 12.6 Å². The molecule has 0 aromatic heterocycles. The molecule has 0 radical (unpaired) electrons. The van der Waals surface area contributed by atoms with E-state index in [9.17, 15) is 14.7 Å². The van der Waals surface area contributed by atoms with Crippen molar-refractivity contribution in [1.82, 2.24) is 0 Å². The molecule has 0 saturated heterocycles. The second-order valence-corrected chi connectivity index (χ2v) is 6.03. The van der Waals surface area contributed by atoms with Gasteiger partial charge in [0.2, 0.25) is 5.91 Å². The Kier molecular flexibility index (Phi) is 5.90. The molecular formula is C17H17BrN2O3. The van der Waals surface area contributed by atoms with Crippen LogP contribution in [0.1, 0.15) is 24.1 Å². The highest BCUT2D eigenvalue weighted by molar-refractivity contribution is 9.10. The summed E-state index contributed by atoms with van der Waals surface area (Å²) in [5.41, 5.74) is 2.42. The maximum atomic E-state index is 11.4. The molecule has 0 aliphatic rings. The third-order valence-electron chi connectivity index (χ3n) is 3.34. The van der Waals surface area contributed by atoms with Crippen molar-refractivity contribution in [1.29, 1.82) is 0 Å². The van der Waals surface area contributed by atoms with E-state index in [1.165, 1.54) is 6.92 Å². The molecule has 120 valence electrons. The van der Waals surface area contributed by atoms with Gasteiger partial charge in [0.05, 0.1) is 11.7 Å². The number of benzene rings is 2. The highest BCUT2D eigenvalue weighted by Crippen LogP contribution is 2.29. The summed E-state index contributed by atoms with van der Waals surface area (Å²) in [6.45, 7) is 1.26. The third-order valence-corrected chi connectivity index (χ3v) is 3.83. The zero-order valence-electron chi connectivity index (χ0n) is 12.6. The lowest BCUT2D eigenvalue weighted by atomic mass is 9.97. The van der Waals surface area contributed by atoms with Crippen LogP contribution in [0.25, 0.3) is 0 Å². The van der Waals surface area contributed by atoms with Gasteiger partial charge in [-0.3, -0.25) is 4.79 Å². The first kappa shape index (κ1) is 17.2. The number of rotatable bonds is 6. The van der Waals surface area contributed by atoms with E-state index < -0.39 is 5.97 Å². The Morgan fingerprint density at radius 1 is 1.22 bits per heavy atom. The number of carbonyl (C=O) groups excluding carboxylic acids is 2. The molecule has 0 aliphatic carbocycles. The highest BCUT2D eigenvalue weighted by atomic mass is 79.9. The molecule has 6 heteroatoms. The first-order valence-electron chi connectivity index (χ1n) is 7.12. The molecule has 1 amide bonds. The van der Waals surface area contributed by atoms with E-state index in [1.807, 2.05) is 42.5 Å². The molecule has 0 aliphatic heterocycles. The largest absolute Gasteiger partial charge is 0.544 e. The van der Waals surface area contributed by atoms with E-state index in [-0.39, 0.29) is 18.5 Å². The number of carboxylic acids is 1. The van der Waals surface area contributed by atoms with Crippen molar-refractivity contribution in [2.75, 3.05) is 11.9 Å². The normalized spacial score (nSPS) is 11.7. The van der Waals surface area contributed by atoms with Crippen LogP contribution in [0.4, 0.5) is 5.69 Å². The fourth-order valence-corrected chi connectivity index (χ4v) is 2.79. The average Bonchev–Trinajstić information content (AvgIpc) is 2.50. The molecule has 2 rings (SSSR count). The smallest absolute Gasteiger partial charge is 0.221 e. The van der Waals surface area contributed by atoms with Gasteiger partial charge in [0.15, 0.2) is 0 Å². The zero-order chi connectivity index (χ0) is 16.8. The van der Waals surface area contributed by atoms with E-state index in [0.717, 1.165) is 15.6 Å². The molecule has 0 spiro atoms. The first-order valence-corrected chi connectivity index (χ1v) is 7.92. The standard InChI is InChI=1S/C17H17BrN2O3/c1-11(21)20-15-8-7-13(18)9-14(15)17(19-10-16(22)23)12-5-3-2-4-6-12/h2-9,17,19H,10H2,1H3,(H,20,21)(H,22,23). The Morgan fingerprint density at radius 2 is 1.91 bits per heavy atom. The second kappa shape index (κ2) is 7.89. The number of amides is 1. The number of aliphatic carboxylic acids is 1. The maximum absolute atomic E-state index is 11.4. The minimum Gasteiger partial charge on any atom is -0.544 e. The number of carbonyl (C=O) groups is 2. The minimum absolute atomic E-state index is 0.175. The summed E-state index contributed by atoms with van der Waals surface area (Å²) in [4.78, 5) is 22.3. The van der Waals surface area contributed by atoms with Crippen molar-refractivity contribution >= 4 is 33.5 Å². The lowest BCUT2D eigenvalue weighted by Gasteiger charge is -2.20. The lowest BCUT2D eigenvalue weighted by molar-refractivity contribution is -0.682. The predicted molar refractivity (Wildman–Crippen MR) is 88.5 cm³/mol. The third kappa shape index (κ3) is 4.91. The summed E-state index contributed by atoms with van der Waals surface area (Å²) >= 11 is 3.43. The van der Waals surface area contributed by atoms with Crippen molar-refractivity contribution in [3.8, 4) is 0 Å². The van der Waals surface area contributed by atoms with Crippen molar-refractivity contribution in [2.24, 2.45) is 0 Å². The van der Waals surface area contributed by atoms with Crippen LogP contribution in [0.5, 0.6) is 0 Å². The van der Waals surface area contributed by atoms with Crippen LogP contribution in [0.2, 0.25) is 0 Å². The molecule has 1 atom stereocenters. The van der Waals surface area contributed by atoms with Gasteiger partial charge in [-0.05, 0) is 18.2 Å². The molecule has 2 aromatic rings. The number of anilines is 1. The monoisotopic (exact) mass is 376 g/mol. The second-order valence-electron chi connectivity index (χ2n) is 5.11. The zero-order valence-corrected chi connectivity index (χ0v) is 14.2. The number of nitrogens with two attached hydrogens (primary N) is 1. The summed E-state index contributed by atoms with van der Waals surface area (Å²) in [6.07, 6.45) is 0. The summed E-state index contributed by atoms with van der Waals surface area (Å²) in [6, 6.07) is 14.8. The van der Waals surface area contributed by atoms with E-state index in [4.69, 9.17) is 0 Å². The number of halogens is 1. The van der Waals surface area contributed by atoms with Crippen molar-refractivity contribution in [2.45, 2.75) is 13.0 Å². The molecule has 0 bridgehead atoms. The molecular weight excluding hydrogens is 360 g/mol. The molecule has 2 aromatic carbocycles. The van der Waals surface area contributed by atoms with Gasteiger partial charge in [-0.15, -0.1) is 0 Å². The molecule has 0 heterocycles. The molecule has 5 nitrogen and oxygen atoms in total. The van der Waals surface area contributed by atoms with Gasteiger partial charge >= 0.3 is 0 Å². The van der Waals surface area contributed by atoms with Crippen LogP contribution in [-0.2, 0) is 9.59 Å². The van der Waals surface area contributed by atoms with Crippen molar-refractivity contribution in [3.05, 3.63) is 64.1 Å². The quantitative estimate of drug-likeness (QED) is 0.781. The van der Waals surface area contributed by atoms with Gasteiger partial charge < -0.3 is 20.5 Å². The van der Waals surface area contributed by atoms with E-state index in [0.29, 0.717) is 5.69 Å². The Balaban J connectivity index is 2.47. The number of quaternary nitrogens is 1. The Hall–Kier alpha value is -2.18. The number of nitrogens with one attached hydrogen (secondary N) is 1. The molecule has 3 N–H and O–H groups in total. The molecule has 0 fully saturated rings. The van der Waals surface area contributed by atoms with Gasteiger partial charge in [0, 0.05) is 22.5 Å². The van der Waals surface area contributed by atoms with Crippen LogP contribution < -0.4 is 15.7 Å². The minimum atomic E-state index is -1.14. The van der Waals surface area contributed by atoms with Gasteiger partial charge in [0.25, 0.3) is 0 Å². The summed E-state index contributed by atoms with van der Waals surface area (Å²) in [7, 11) is 0. The predicted octanol–water partition coefficient (Wildman–Crippen LogP) is 0.810. The average molecular weight is 377 g/mol. The molecule has 0 saturated carbocycles. The van der Waals surface area contributed by atoms with Gasteiger partial charge in [-0.25, -0.2) is 0 Å². The first-order chi connectivity index (χ1) is 11.0. The number of hydrogen-bond donors (Lipinski definition) is 2. The van der Waals surface area contributed by atoms with Crippen LogP contribution in [0.3, 0.4) is 0 Å². The molecule has 1 unspecified atom stereocenters. The van der Waals surface area contributed by atoms with Crippen molar-refractivity contribution < 1.29 is 20.0 Å². The highest BCUT2D eigenvalue weighted by Gasteiger charge is 2.21. The fraction of sp³-hybridized carbons (Fsp3) is 0.176. The molecule has 23 heavy (non-hydrogen) atoms. The topological polar surface area (TPSA) is 85.8 Å². The number of carboxylic acid groups (broad SMARTS) is 1. The summed E-state index contributed by atoms with van der Waals surface area (Å²) in [5, 5.41) is 15.3. The van der Waals surface area contributed by atoms with E-state index >= 15 is 0 Å². The Morgan fingerprint density at radius 3 is 2.52 bits per heavy atom. The van der Waals surface area contributed by atoms with Crippen LogP contribution >= 0.6 is 15.9 Å². The van der Waals surface area contributed by atoms with Crippen LogP contribution in [0.15, 0.2) is 53.0 Å². The Bertz CT molecular complexity index is 704. The van der Waals surface area contributed by atoms with Crippen LogP contribution in [0, 0.1) is 0 Å². The SMILES string of the molecule is CC(=O)Nc1ccc(Br)cc1C([NH2+]CC(=O)[O-])c1ccccc1. The fourth-order valence-electron chi connectivity index (χ4n) is 2.41. The van der Waals surface area contributed by atoms with Gasteiger partial charge in [-0.1, -0.05) is 46.3 Å². The Labute approximate surface area is 142 Å². The number of hydrogen-bond acceptors (Lipinski definition) is 3.